The summed E-state index contributed by atoms with van der Waals surface area (Å²) < 4.78 is 3.70. The van der Waals surface area contributed by atoms with Gasteiger partial charge in [-0.2, -0.15) is 5.10 Å². The van der Waals surface area contributed by atoms with E-state index in [0.717, 1.165) is 29.8 Å². The molecule has 0 spiro atoms. The molecule has 0 atom stereocenters. The summed E-state index contributed by atoms with van der Waals surface area (Å²) in [7, 11) is 0. The van der Waals surface area contributed by atoms with Crippen molar-refractivity contribution in [2.24, 2.45) is 0 Å². The van der Waals surface area contributed by atoms with Gasteiger partial charge in [0.2, 0.25) is 0 Å². The van der Waals surface area contributed by atoms with Gasteiger partial charge in [0, 0.05) is 29.2 Å². The summed E-state index contributed by atoms with van der Waals surface area (Å²) in [6.07, 6.45) is 5.86. The predicted molar refractivity (Wildman–Crippen MR) is 107 cm³/mol. The molecule has 29 heavy (non-hydrogen) atoms. The molecular formula is C21H19N7O. The van der Waals surface area contributed by atoms with Crippen molar-refractivity contribution in [3.63, 3.8) is 0 Å². The van der Waals surface area contributed by atoms with Crippen LogP contribution in [0, 0.1) is 0 Å². The van der Waals surface area contributed by atoms with Crippen molar-refractivity contribution >= 4 is 11.6 Å². The summed E-state index contributed by atoms with van der Waals surface area (Å²) in [4.78, 5) is 12.7. The molecule has 2 aromatic carbocycles. The molecule has 1 fully saturated rings. The van der Waals surface area contributed by atoms with Crippen molar-refractivity contribution in [2.75, 3.05) is 5.32 Å². The van der Waals surface area contributed by atoms with Crippen LogP contribution in [-0.2, 0) is 6.54 Å². The van der Waals surface area contributed by atoms with Gasteiger partial charge >= 0.3 is 0 Å². The number of rotatable bonds is 6. The van der Waals surface area contributed by atoms with Crippen LogP contribution >= 0.6 is 0 Å². The van der Waals surface area contributed by atoms with Crippen molar-refractivity contribution in [1.29, 1.82) is 0 Å². The molecule has 5 rings (SSSR count). The fourth-order valence-corrected chi connectivity index (χ4v) is 3.23. The van der Waals surface area contributed by atoms with Crippen molar-refractivity contribution in [3.05, 3.63) is 78.1 Å². The first kappa shape index (κ1) is 17.3. The maximum Gasteiger partial charge on any atom is 0.255 e. The Morgan fingerprint density at radius 3 is 2.72 bits per heavy atom. The third kappa shape index (κ3) is 3.77. The number of aromatic nitrogens is 6. The van der Waals surface area contributed by atoms with Gasteiger partial charge < -0.3 is 5.32 Å². The standard InChI is InChI=1S/C21H19N7O/c29-21(16-7-5-15(6-8-16)14-27-12-2-11-22-27)23-18-4-1-3-17(13-18)20-24-25-26-28(20)19-9-10-19/h1-8,11-13,19H,9-10,14H2,(H,23,29). The van der Waals surface area contributed by atoms with Crippen molar-refractivity contribution < 1.29 is 4.79 Å². The molecular weight excluding hydrogens is 366 g/mol. The Hall–Kier alpha value is -3.81. The smallest absolute Gasteiger partial charge is 0.255 e. The quantitative estimate of drug-likeness (QED) is 0.550. The number of anilines is 1. The van der Waals surface area contributed by atoms with E-state index in [1.807, 2.05) is 70.2 Å². The van der Waals surface area contributed by atoms with E-state index in [1.54, 1.807) is 6.20 Å². The lowest BCUT2D eigenvalue weighted by molar-refractivity contribution is 0.102. The van der Waals surface area contributed by atoms with E-state index in [4.69, 9.17) is 0 Å². The maximum atomic E-state index is 12.7. The fourth-order valence-electron chi connectivity index (χ4n) is 3.23. The van der Waals surface area contributed by atoms with Gasteiger partial charge in [0.25, 0.3) is 5.91 Å². The lowest BCUT2D eigenvalue weighted by Gasteiger charge is -2.08. The first-order valence-corrected chi connectivity index (χ1v) is 9.52. The minimum atomic E-state index is -0.158. The first-order valence-electron chi connectivity index (χ1n) is 9.52. The lowest BCUT2D eigenvalue weighted by atomic mass is 10.1. The van der Waals surface area contributed by atoms with Gasteiger partial charge in [-0.15, -0.1) is 5.10 Å². The Morgan fingerprint density at radius 2 is 1.97 bits per heavy atom. The lowest BCUT2D eigenvalue weighted by Crippen LogP contribution is -2.12. The van der Waals surface area contributed by atoms with Crippen molar-refractivity contribution in [2.45, 2.75) is 25.4 Å². The SMILES string of the molecule is O=C(Nc1cccc(-c2nnnn2C2CC2)c1)c1ccc(Cn2cccn2)cc1. The molecule has 8 nitrogen and oxygen atoms in total. The van der Waals surface area contributed by atoms with E-state index in [0.29, 0.717) is 23.8 Å². The molecule has 1 amide bonds. The van der Waals surface area contributed by atoms with E-state index < -0.39 is 0 Å². The highest BCUT2D eigenvalue weighted by Gasteiger charge is 2.28. The average Bonchev–Trinajstić information content (AvgIpc) is 3.24. The Balaban J connectivity index is 1.30. The monoisotopic (exact) mass is 385 g/mol. The van der Waals surface area contributed by atoms with Gasteiger partial charge in [-0.25, -0.2) is 4.68 Å². The number of benzene rings is 2. The Kier molecular flexibility index (Phi) is 4.36. The highest BCUT2D eigenvalue weighted by Crippen LogP contribution is 2.36. The zero-order chi connectivity index (χ0) is 19.6. The number of hydrogen-bond acceptors (Lipinski definition) is 5. The number of amides is 1. The van der Waals surface area contributed by atoms with Gasteiger partial charge in [-0.3, -0.25) is 9.48 Å². The van der Waals surface area contributed by atoms with Crippen LogP contribution in [0.25, 0.3) is 11.4 Å². The molecule has 4 aromatic rings. The number of carbonyl (C=O) groups is 1. The Morgan fingerprint density at radius 1 is 1.10 bits per heavy atom. The second kappa shape index (κ2) is 7.31. The molecule has 1 aliphatic rings. The second-order valence-electron chi connectivity index (χ2n) is 7.11. The number of tetrazole rings is 1. The van der Waals surface area contributed by atoms with Gasteiger partial charge in [-0.1, -0.05) is 24.3 Å². The van der Waals surface area contributed by atoms with Crippen LogP contribution in [-0.4, -0.2) is 35.9 Å². The highest BCUT2D eigenvalue weighted by atomic mass is 16.1. The maximum absolute atomic E-state index is 12.7. The Bertz CT molecular complexity index is 1130. The molecule has 0 bridgehead atoms. The van der Waals surface area contributed by atoms with Crippen LogP contribution in [0.4, 0.5) is 5.69 Å². The zero-order valence-electron chi connectivity index (χ0n) is 15.6. The molecule has 1 N–H and O–H groups in total. The zero-order valence-corrected chi connectivity index (χ0v) is 15.6. The number of hydrogen-bond donors (Lipinski definition) is 1. The van der Waals surface area contributed by atoms with Crippen LogP contribution in [0.5, 0.6) is 0 Å². The first-order chi connectivity index (χ1) is 14.3. The van der Waals surface area contributed by atoms with Crippen LogP contribution in [0.15, 0.2) is 67.0 Å². The third-order valence-corrected chi connectivity index (χ3v) is 4.88. The normalized spacial score (nSPS) is 13.4. The van der Waals surface area contributed by atoms with Crippen LogP contribution in [0.2, 0.25) is 0 Å². The minimum Gasteiger partial charge on any atom is -0.322 e. The number of nitrogens with one attached hydrogen (secondary N) is 1. The number of nitrogens with zero attached hydrogens (tertiary/aromatic N) is 6. The molecule has 2 heterocycles. The molecule has 1 aliphatic carbocycles. The summed E-state index contributed by atoms with van der Waals surface area (Å²) in [6.45, 7) is 0.673. The van der Waals surface area contributed by atoms with Crippen molar-refractivity contribution in [3.8, 4) is 11.4 Å². The summed E-state index contributed by atoms with van der Waals surface area (Å²) in [5.41, 5.74) is 3.27. The van der Waals surface area contributed by atoms with Gasteiger partial charge in [0.15, 0.2) is 5.82 Å². The van der Waals surface area contributed by atoms with E-state index in [1.165, 1.54) is 0 Å². The van der Waals surface area contributed by atoms with E-state index in [9.17, 15) is 4.79 Å². The van der Waals surface area contributed by atoms with Crippen LogP contribution < -0.4 is 5.32 Å². The summed E-state index contributed by atoms with van der Waals surface area (Å²) in [5.74, 6) is 0.571. The fraction of sp³-hybridized carbons (Fsp3) is 0.190. The average molecular weight is 385 g/mol. The summed E-state index contributed by atoms with van der Waals surface area (Å²) in [6, 6.07) is 17.4. The van der Waals surface area contributed by atoms with Crippen LogP contribution in [0.1, 0.15) is 34.8 Å². The summed E-state index contributed by atoms with van der Waals surface area (Å²) in [5, 5.41) is 19.2. The van der Waals surface area contributed by atoms with Gasteiger partial charge in [0.1, 0.15) is 0 Å². The Labute approximate surface area is 167 Å². The molecule has 0 unspecified atom stereocenters. The molecule has 1 saturated carbocycles. The molecule has 2 aromatic heterocycles. The van der Waals surface area contributed by atoms with Gasteiger partial charge in [-0.05, 0) is 59.2 Å². The largest absolute Gasteiger partial charge is 0.322 e. The molecule has 0 radical (unpaired) electrons. The second-order valence-corrected chi connectivity index (χ2v) is 7.11. The molecule has 144 valence electrons. The molecule has 0 aliphatic heterocycles. The minimum absolute atomic E-state index is 0.158. The van der Waals surface area contributed by atoms with E-state index in [-0.39, 0.29) is 5.91 Å². The van der Waals surface area contributed by atoms with E-state index in [2.05, 4.69) is 25.9 Å². The summed E-state index contributed by atoms with van der Waals surface area (Å²) >= 11 is 0. The van der Waals surface area contributed by atoms with Gasteiger partial charge in [0.05, 0.1) is 12.6 Å². The molecule has 8 heteroatoms. The molecule has 0 saturated heterocycles. The third-order valence-electron chi connectivity index (χ3n) is 4.88. The predicted octanol–water partition coefficient (Wildman–Crippen LogP) is 3.17. The van der Waals surface area contributed by atoms with E-state index >= 15 is 0 Å². The van der Waals surface area contributed by atoms with Crippen LogP contribution in [0.3, 0.4) is 0 Å². The number of carbonyl (C=O) groups excluding carboxylic acids is 1. The van der Waals surface area contributed by atoms with Crippen molar-refractivity contribution in [1.82, 2.24) is 30.0 Å². The topological polar surface area (TPSA) is 90.5 Å². The highest BCUT2D eigenvalue weighted by molar-refractivity contribution is 6.04.